The van der Waals surface area contributed by atoms with Gasteiger partial charge in [0.05, 0.1) is 16.8 Å². The van der Waals surface area contributed by atoms with Crippen LogP contribution >= 0.6 is 11.6 Å². The molecule has 1 aromatic carbocycles. The van der Waals surface area contributed by atoms with E-state index in [0.717, 1.165) is 11.3 Å². The van der Waals surface area contributed by atoms with Gasteiger partial charge in [0, 0.05) is 31.9 Å². The van der Waals surface area contributed by atoms with E-state index < -0.39 is 0 Å². The molecule has 27 heavy (non-hydrogen) atoms. The Hall–Kier alpha value is -2.80. The minimum absolute atomic E-state index is 0.139. The highest BCUT2D eigenvalue weighted by atomic mass is 35.5. The Labute approximate surface area is 162 Å². The van der Waals surface area contributed by atoms with Gasteiger partial charge in [-0.2, -0.15) is 5.10 Å². The predicted octanol–water partition coefficient (Wildman–Crippen LogP) is 3.53. The summed E-state index contributed by atoms with van der Waals surface area (Å²) >= 11 is 6.12. The molecule has 2 heterocycles. The number of halogens is 1. The Balaban J connectivity index is 1.75. The maximum absolute atomic E-state index is 12.9. The third-order valence-corrected chi connectivity index (χ3v) is 4.80. The average molecular weight is 389 g/mol. The van der Waals surface area contributed by atoms with Crippen molar-refractivity contribution in [3.05, 3.63) is 63.8 Å². The van der Waals surface area contributed by atoms with Gasteiger partial charge in [0.15, 0.2) is 5.69 Å². The fourth-order valence-electron chi connectivity index (χ4n) is 2.65. The molecule has 2 aromatic heterocycles. The van der Waals surface area contributed by atoms with E-state index in [4.69, 9.17) is 20.9 Å². The zero-order valence-electron chi connectivity index (χ0n) is 15.7. The van der Waals surface area contributed by atoms with Crippen molar-refractivity contribution < 1.29 is 14.1 Å². The van der Waals surface area contributed by atoms with Gasteiger partial charge in [-0.15, -0.1) is 0 Å². The number of rotatable bonds is 6. The number of aryl methyl sites for hydroxylation is 2. The summed E-state index contributed by atoms with van der Waals surface area (Å²) in [5, 5.41) is 8.65. The monoisotopic (exact) mass is 388 g/mol. The molecule has 0 saturated carbocycles. The number of ether oxygens (including phenoxy) is 1. The molecular formula is C19H21ClN4O3. The third kappa shape index (κ3) is 3.98. The number of benzene rings is 1. The van der Waals surface area contributed by atoms with E-state index in [2.05, 4.69) is 10.3 Å². The minimum atomic E-state index is -0.243. The predicted molar refractivity (Wildman–Crippen MR) is 101 cm³/mol. The van der Waals surface area contributed by atoms with Crippen LogP contribution in [0.15, 0.2) is 35.0 Å². The number of carbonyl (C=O) groups excluding carboxylic acids is 1. The Kier molecular flexibility index (Phi) is 5.51. The van der Waals surface area contributed by atoms with Gasteiger partial charge in [-0.05, 0) is 26.0 Å². The van der Waals surface area contributed by atoms with Gasteiger partial charge in [-0.25, -0.2) is 0 Å². The van der Waals surface area contributed by atoms with Gasteiger partial charge < -0.3 is 14.2 Å². The fourth-order valence-corrected chi connectivity index (χ4v) is 2.84. The lowest BCUT2D eigenvalue weighted by molar-refractivity contribution is 0.0772. The van der Waals surface area contributed by atoms with Crippen LogP contribution in [0.5, 0.6) is 5.75 Å². The number of hydrogen-bond acceptors (Lipinski definition) is 5. The molecule has 1 amide bonds. The van der Waals surface area contributed by atoms with Gasteiger partial charge in [0.2, 0.25) is 0 Å². The van der Waals surface area contributed by atoms with Crippen LogP contribution < -0.4 is 4.74 Å². The van der Waals surface area contributed by atoms with Crippen molar-refractivity contribution in [2.24, 2.45) is 7.05 Å². The molecule has 3 aromatic rings. The molecule has 0 unspecified atom stereocenters. The summed E-state index contributed by atoms with van der Waals surface area (Å²) in [6.45, 7) is 4.28. The Morgan fingerprint density at radius 1 is 1.33 bits per heavy atom. The first-order chi connectivity index (χ1) is 12.9. The molecule has 0 N–H and O–H groups in total. The summed E-state index contributed by atoms with van der Waals surface area (Å²) in [6.07, 6.45) is 1.76. The van der Waals surface area contributed by atoms with Crippen LogP contribution in [-0.2, 0) is 20.2 Å². The van der Waals surface area contributed by atoms with Crippen LogP contribution in [0.2, 0.25) is 5.02 Å². The van der Waals surface area contributed by atoms with Crippen LogP contribution in [0, 0.1) is 13.8 Å². The first kappa shape index (κ1) is 19.0. The number of hydrogen-bond donors (Lipinski definition) is 0. The van der Waals surface area contributed by atoms with Crippen LogP contribution in [0.1, 0.15) is 33.1 Å². The molecule has 3 rings (SSSR count). The van der Waals surface area contributed by atoms with Gasteiger partial charge in [0.1, 0.15) is 18.1 Å². The zero-order chi connectivity index (χ0) is 19.6. The van der Waals surface area contributed by atoms with E-state index in [0.29, 0.717) is 28.6 Å². The summed E-state index contributed by atoms with van der Waals surface area (Å²) < 4.78 is 12.8. The largest absolute Gasteiger partial charge is 0.487 e. The van der Waals surface area contributed by atoms with Crippen LogP contribution in [0.4, 0.5) is 0 Å². The quantitative estimate of drug-likeness (QED) is 0.645. The van der Waals surface area contributed by atoms with E-state index in [1.54, 1.807) is 41.9 Å². The van der Waals surface area contributed by atoms with Crippen molar-refractivity contribution in [2.45, 2.75) is 27.0 Å². The van der Waals surface area contributed by atoms with Crippen molar-refractivity contribution in [1.29, 1.82) is 0 Å². The van der Waals surface area contributed by atoms with E-state index in [1.165, 1.54) is 0 Å². The molecule has 0 saturated heterocycles. The second-order valence-electron chi connectivity index (χ2n) is 6.33. The van der Waals surface area contributed by atoms with Crippen LogP contribution in [0.25, 0.3) is 0 Å². The third-order valence-electron chi connectivity index (χ3n) is 4.49. The minimum Gasteiger partial charge on any atom is -0.487 e. The lowest BCUT2D eigenvalue weighted by Gasteiger charge is -2.16. The number of nitrogens with zero attached hydrogens (tertiary/aromatic N) is 4. The molecule has 0 atom stereocenters. The second kappa shape index (κ2) is 7.84. The molecule has 0 radical (unpaired) electrons. The normalized spacial score (nSPS) is 10.9. The van der Waals surface area contributed by atoms with Crippen LogP contribution in [0.3, 0.4) is 0 Å². The lowest BCUT2D eigenvalue weighted by atomic mass is 10.1. The summed E-state index contributed by atoms with van der Waals surface area (Å²) in [7, 11) is 3.59. The van der Waals surface area contributed by atoms with E-state index in [-0.39, 0.29) is 18.2 Å². The van der Waals surface area contributed by atoms with Crippen LogP contribution in [-0.4, -0.2) is 32.8 Å². The first-order valence-electron chi connectivity index (χ1n) is 8.44. The van der Waals surface area contributed by atoms with E-state index >= 15 is 0 Å². The molecule has 0 aliphatic heterocycles. The summed E-state index contributed by atoms with van der Waals surface area (Å²) in [5.74, 6) is 0.835. The van der Waals surface area contributed by atoms with Crippen molar-refractivity contribution in [1.82, 2.24) is 19.8 Å². The number of carbonyl (C=O) groups is 1. The lowest BCUT2D eigenvalue weighted by Crippen LogP contribution is -2.27. The van der Waals surface area contributed by atoms with Gasteiger partial charge >= 0.3 is 0 Å². The summed E-state index contributed by atoms with van der Waals surface area (Å²) in [5.41, 5.74) is 2.83. The molecule has 7 nitrogen and oxygen atoms in total. The topological polar surface area (TPSA) is 73.4 Å². The maximum atomic E-state index is 12.9. The number of para-hydroxylation sites is 1. The van der Waals surface area contributed by atoms with Crippen molar-refractivity contribution >= 4 is 17.5 Å². The van der Waals surface area contributed by atoms with Crippen molar-refractivity contribution in [2.75, 3.05) is 7.05 Å². The van der Waals surface area contributed by atoms with Gasteiger partial charge in [-0.1, -0.05) is 28.9 Å². The molecule has 0 aliphatic rings. The van der Waals surface area contributed by atoms with E-state index in [9.17, 15) is 4.79 Å². The first-order valence-corrected chi connectivity index (χ1v) is 8.81. The Morgan fingerprint density at radius 3 is 2.74 bits per heavy atom. The highest BCUT2D eigenvalue weighted by Gasteiger charge is 2.24. The summed E-state index contributed by atoms with van der Waals surface area (Å²) in [4.78, 5) is 14.5. The highest BCUT2D eigenvalue weighted by molar-refractivity contribution is 6.32. The van der Waals surface area contributed by atoms with Crippen molar-refractivity contribution in [3.63, 3.8) is 0 Å². The molecule has 142 valence electrons. The molecule has 0 fully saturated rings. The molecule has 0 spiro atoms. The SMILES string of the molecule is Cc1onc(C(=O)N(C)Cc2cnn(C)c2C)c1COc1ccccc1Cl. The molecule has 0 bridgehead atoms. The molecule has 0 aliphatic carbocycles. The summed E-state index contributed by atoms with van der Waals surface area (Å²) in [6, 6.07) is 7.17. The van der Waals surface area contributed by atoms with Crippen molar-refractivity contribution in [3.8, 4) is 5.75 Å². The van der Waals surface area contributed by atoms with Gasteiger partial charge in [-0.3, -0.25) is 9.48 Å². The molecule has 8 heteroatoms. The Bertz CT molecular complexity index is 964. The maximum Gasteiger partial charge on any atom is 0.276 e. The molecular weight excluding hydrogens is 368 g/mol. The second-order valence-corrected chi connectivity index (χ2v) is 6.73. The van der Waals surface area contributed by atoms with E-state index in [1.807, 2.05) is 26.1 Å². The fraction of sp³-hybridized carbons (Fsp3) is 0.316. The number of aromatic nitrogens is 3. The average Bonchev–Trinajstić information content (AvgIpc) is 3.17. The highest BCUT2D eigenvalue weighted by Crippen LogP contribution is 2.25. The zero-order valence-corrected chi connectivity index (χ0v) is 16.4. The Morgan fingerprint density at radius 2 is 2.07 bits per heavy atom. The number of amides is 1. The standard InChI is InChI=1S/C19H21ClN4O3/c1-12-14(9-21-24(12)4)10-23(3)19(25)18-15(13(2)27-22-18)11-26-17-8-6-5-7-16(17)20/h5-9H,10-11H2,1-4H3. The smallest absolute Gasteiger partial charge is 0.276 e. The van der Waals surface area contributed by atoms with Gasteiger partial charge in [0.25, 0.3) is 5.91 Å².